The molecule has 1 aliphatic rings. The SMILES string of the molecule is Cn1c(N[C@H](c2ccccc2)C2CC2)c(C#N)c(=O)n(C)c1=O. The number of nitriles is 1. The molecule has 3 rings (SSSR count). The summed E-state index contributed by atoms with van der Waals surface area (Å²) in [5.74, 6) is 0.740. The van der Waals surface area contributed by atoms with Gasteiger partial charge in [-0.1, -0.05) is 30.3 Å². The monoisotopic (exact) mass is 310 g/mol. The van der Waals surface area contributed by atoms with Gasteiger partial charge in [-0.2, -0.15) is 5.26 Å². The Morgan fingerprint density at radius 3 is 2.39 bits per heavy atom. The summed E-state index contributed by atoms with van der Waals surface area (Å²) in [5.41, 5.74) is 0.0445. The predicted octanol–water partition coefficient (Wildman–Crippen LogP) is 1.52. The van der Waals surface area contributed by atoms with Crippen LogP contribution in [0.3, 0.4) is 0 Å². The van der Waals surface area contributed by atoms with E-state index in [0.717, 1.165) is 23.0 Å². The van der Waals surface area contributed by atoms with Gasteiger partial charge in [0.2, 0.25) is 0 Å². The molecule has 6 heteroatoms. The zero-order valence-corrected chi connectivity index (χ0v) is 13.1. The first-order chi connectivity index (χ1) is 11.0. The fourth-order valence-electron chi connectivity index (χ4n) is 2.82. The van der Waals surface area contributed by atoms with Gasteiger partial charge in [-0.05, 0) is 24.3 Å². The molecule has 0 aliphatic heterocycles. The van der Waals surface area contributed by atoms with Crippen LogP contribution < -0.4 is 16.6 Å². The van der Waals surface area contributed by atoms with E-state index >= 15 is 0 Å². The Balaban J connectivity index is 2.10. The van der Waals surface area contributed by atoms with E-state index in [2.05, 4.69) is 5.32 Å². The number of nitrogens with one attached hydrogen (secondary N) is 1. The summed E-state index contributed by atoms with van der Waals surface area (Å²) in [7, 11) is 2.95. The van der Waals surface area contributed by atoms with Crippen LogP contribution in [0.4, 0.5) is 5.82 Å². The zero-order valence-electron chi connectivity index (χ0n) is 13.1. The van der Waals surface area contributed by atoms with Crippen molar-refractivity contribution in [1.82, 2.24) is 9.13 Å². The van der Waals surface area contributed by atoms with E-state index in [4.69, 9.17) is 0 Å². The minimum absolute atomic E-state index is 0.0130. The van der Waals surface area contributed by atoms with Crippen molar-refractivity contribution < 1.29 is 0 Å². The highest BCUT2D eigenvalue weighted by Gasteiger charge is 2.33. The molecule has 0 amide bonds. The molecule has 0 spiro atoms. The second-order valence-electron chi connectivity index (χ2n) is 5.91. The third-order valence-corrected chi connectivity index (χ3v) is 4.32. The number of nitrogens with zero attached hydrogens (tertiary/aromatic N) is 3. The van der Waals surface area contributed by atoms with Crippen LogP contribution in [0.2, 0.25) is 0 Å². The maximum absolute atomic E-state index is 12.2. The molecule has 0 saturated heterocycles. The van der Waals surface area contributed by atoms with Gasteiger partial charge in [-0.15, -0.1) is 0 Å². The summed E-state index contributed by atoms with van der Waals surface area (Å²) in [5, 5.41) is 12.6. The Labute approximate surface area is 133 Å². The van der Waals surface area contributed by atoms with E-state index in [9.17, 15) is 14.9 Å². The molecular formula is C17H18N4O2. The predicted molar refractivity (Wildman–Crippen MR) is 87.2 cm³/mol. The number of aromatic nitrogens is 2. The van der Waals surface area contributed by atoms with Crippen LogP contribution in [0.15, 0.2) is 39.9 Å². The fraction of sp³-hybridized carbons (Fsp3) is 0.353. The van der Waals surface area contributed by atoms with Crippen molar-refractivity contribution in [2.75, 3.05) is 5.32 Å². The molecule has 0 unspecified atom stereocenters. The number of anilines is 1. The Morgan fingerprint density at radius 2 is 1.83 bits per heavy atom. The molecule has 1 aliphatic carbocycles. The lowest BCUT2D eigenvalue weighted by Crippen LogP contribution is -2.40. The molecule has 6 nitrogen and oxygen atoms in total. The van der Waals surface area contributed by atoms with Crippen molar-refractivity contribution in [2.24, 2.45) is 20.0 Å². The van der Waals surface area contributed by atoms with Gasteiger partial charge in [0.05, 0.1) is 6.04 Å². The van der Waals surface area contributed by atoms with Gasteiger partial charge in [0.25, 0.3) is 5.56 Å². The lowest BCUT2D eigenvalue weighted by molar-refractivity contribution is 0.640. The summed E-state index contributed by atoms with van der Waals surface area (Å²) >= 11 is 0. The molecule has 1 N–H and O–H groups in total. The average molecular weight is 310 g/mol. The van der Waals surface area contributed by atoms with E-state index in [1.165, 1.54) is 11.6 Å². The van der Waals surface area contributed by atoms with Crippen LogP contribution in [0.5, 0.6) is 0 Å². The molecule has 1 atom stereocenters. The summed E-state index contributed by atoms with van der Waals surface area (Å²) in [6.07, 6.45) is 2.18. The van der Waals surface area contributed by atoms with Crippen LogP contribution in [0.25, 0.3) is 0 Å². The van der Waals surface area contributed by atoms with Crippen LogP contribution in [-0.4, -0.2) is 9.13 Å². The Bertz CT molecular complexity index is 886. The van der Waals surface area contributed by atoms with Crippen molar-refractivity contribution in [3.63, 3.8) is 0 Å². The van der Waals surface area contributed by atoms with Crippen molar-refractivity contribution in [1.29, 1.82) is 5.26 Å². The molecule has 0 bridgehead atoms. The molecule has 1 aromatic heterocycles. The first-order valence-corrected chi connectivity index (χ1v) is 7.56. The van der Waals surface area contributed by atoms with E-state index in [1.807, 2.05) is 36.4 Å². The van der Waals surface area contributed by atoms with E-state index < -0.39 is 11.2 Å². The van der Waals surface area contributed by atoms with Crippen molar-refractivity contribution >= 4 is 5.82 Å². The third kappa shape index (κ3) is 2.66. The van der Waals surface area contributed by atoms with Gasteiger partial charge >= 0.3 is 5.69 Å². The van der Waals surface area contributed by atoms with Gasteiger partial charge in [-0.3, -0.25) is 13.9 Å². The maximum atomic E-state index is 12.2. The Morgan fingerprint density at radius 1 is 1.17 bits per heavy atom. The summed E-state index contributed by atoms with van der Waals surface area (Å²) < 4.78 is 2.29. The van der Waals surface area contributed by atoms with Gasteiger partial charge in [-0.25, -0.2) is 4.79 Å². The number of hydrogen-bond acceptors (Lipinski definition) is 4. The lowest BCUT2D eigenvalue weighted by atomic mass is 10.0. The highest BCUT2D eigenvalue weighted by atomic mass is 16.2. The summed E-state index contributed by atoms with van der Waals surface area (Å²) in [4.78, 5) is 24.3. The molecule has 2 aromatic rings. The molecule has 1 saturated carbocycles. The number of rotatable bonds is 4. The van der Waals surface area contributed by atoms with Crippen LogP contribution >= 0.6 is 0 Å². The first-order valence-electron chi connectivity index (χ1n) is 7.56. The maximum Gasteiger partial charge on any atom is 0.332 e. The zero-order chi connectivity index (χ0) is 16.6. The normalized spacial score (nSPS) is 15.0. The molecular weight excluding hydrogens is 292 g/mol. The summed E-state index contributed by atoms with van der Waals surface area (Å²) in [6, 6.07) is 11.8. The lowest BCUT2D eigenvalue weighted by Gasteiger charge is -2.22. The van der Waals surface area contributed by atoms with E-state index in [-0.39, 0.29) is 11.6 Å². The molecule has 0 radical (unpaired) electrons. The van der Waals surface area contributed by atoms with Gasteiger partial charge in [0.1, 0.15) is 11.9 Å². The quantitative estimate of drug-likeness (QED) is 0.928. The molecule has 1 aromatic carbocycles. The third-order valence-electron chi connectivity index (χ3n) is 4.32. The molecule has 118 valence electrons. The number of hydrogen-bond donors (Lipinski definition) is 1. The Kier molecular flexibility index (Phi) is 3.78. The molecule has 1 heterocycles. The molecule has 23 heavy (non-hydrogen) atoms. The van der Waals surface area contributed by atoms with E-state index in [1.54, 1.807) is 7.05 Å². The standard InChI is InChI=1S/C17H18N4O2/c1-20-15(13(10-18)16(22)21(2)17(20)23)19-14(12-8-9-12)11-6-4-3-5-7-11/h3-7,12,14,19H,8-9H2,1-2H3/t14-/m1/s1. The van der Waals surface area contributed by atoms with Crippen LogP contribution in [-0.2, 0) is 14.1 Å². The highest BCUT2D eigenvalue weighted by molar-refractivity contribution is 5.53. The van der Waals surface area contributed by atoms with Crippen LogP contribution in [0, 0.1) is 17.2 Å². The van der Waals surface area contributed by atoms with Crippen LogP contribution in [0.1, 0.15) is 30.0 Å². The second kappa shape index (κ2) is 5.76. The highest BCUT2D eigenvalue weighted by Crippen LogP contribution is 2.42. The van der Waals surface area contributed by atoms with Gasteiger partial charge < -0.3 is 5.32 Å². The van der Waals surface area contributed by atoms with Crippen molar-refractivity contribution in [2.45, 2.75) is 18.9 Å². The smallest absolute Gasteiger partial charge is 0.332 e. The van der Waals surface area contributed by atoms with Crippen molar-refractivity contribution in [3.05, 3.63) is 62.3 Å². The van der Waals surface area contributed by atoms with Gasteiger partial charge in [0.15, 0.2) is 5.56 Å². The van der Waals surface area contributed by atoms with Gasteiger partial charge in [0, 0.05) is 14.1 Å². The number of benzene rings is 1. The second-order valence-corrected chi connectivity index (χ2v) is 5.91. The first kappa shape index (κ1) is 15.1. The largest absolute Gasteiger partial charge is 0.363 e. The fourth-order valence-corrected chi connectivity index (χ4v) is 2.82. The average Bonchev–Trinajstić information content (AvgIpc) is 3.40. The molecule has 1 fully saturated rings. The summed E-state index contributed by atoms with van der Waals surface area (Å²) in [6.45, 7) is 0. The van der Waals surface area contributed by atoms with Crippen molar-refractivity contribution in [3.8, 4) is 6.07 Å². The minimum Gasteiger partial charge on any atom is -0.363 e. The minimum atomic E-state index is -0.569. The Hall–Kier alpha value is -2.81. The van der Waals surface area contributed by atoms with E-state index in [0.29, 0.717) is 11.7 Å². The topological polar surface area (TPSA) is 79.8 Å².